The minimum atomic E-state index is -4.65. The second-order valence-corrected chi connectivity index (χ2v) is 7.32. The monoisotopic (exact) mass is 373 g/mol. The van der Waals surface area contributed by atoms with E-state index in [0.717, 1.165) is 17.7 Å². The molecular formula is C16H14ClF2NO3S. The minimum Gasteiger partial charge on any atom is -0.352 e. The highest BCUT2D eigenvalue weighted by Crippen LogP contribution is 2.18. The Balaban J connectivity index is 1.96. The van der Waals surface area contributed by atoms with Crippen molar-refractivity contribution in [2.24, 2.45) is 0 Å². The molecule has 0 atom stereocenters. The van der Waals surface area contributed by atoms with E-state index in [1.165, 1.54) is 12.1 Å². The first-order valence-electron chi connectivity index (χ1n) is 6.95. The summed E-state index contributed by atoms with van der Waals surface area (Å²) in [6.07, 6.45) is 0.574. The number of amides is 1. The van der Waals surface area contributed by atoms with Crippen LogP contribution in [0, 0.1) is 0 Å². The van der Waals surface area contributed by atoms with Crippen LogP contribution in [0.4, 0.5) is 8.78 Å². The molecule has 4 nitrogen and oxygen atoms in total. The maximum Gasteiger partial charge on any atom is 0.341 e. The zero-order chi connectivity index (χ0) is 17.7. The van der Waals surface area contributed by atoms with Gasteiger partial charge in [-0.1, -0.05) is 23.7 Å². The second kappa shape index (κ2) is 7.72. The van der Waals surface area contributed by atoms with Crippen LogP contribution in [0.25, 0.3) is 0 Å². The number of carbonyl (C=O) groups is 1. The van der Waals surface area contributed by atoms with Gasteiger partial charge in [-0.2, -0.15) is 8.78 Å². The highest BCUT2D eigenvalue weighted by Gasteiger charge is 2.26. The lowest BCUT2D eigenvalue weighted by Crippen LogP contribution is -2.25. The van der Waals surface area contributed by atoms with Crippen LogP contribution >= 0.6 is 11.6 Å². The molecule has 128 valence electrons. The Morgan fingerprint density at radius 3 is 2.38 bits per heavy atom. The molecule has 0 fully saturated rings. The molecule has 1 amide bonds. The number of alkyl halides is 2. The van der Waals surface area contributed by atoms with Crippen molar-refractivity contribution in [2.75, 3.05) is 6.54 Å². The van der Waals surface area contributed by atoms with Gasteiger partial charge in [0.1, 0.15) is 0 Å². The van der Waals surface area contributed by atoms with Gasteiger partial charge >= 0.3 is 5.76 Å². The molecular weight excluding hydrogens is 360 g/mol. The molecule has 0 aromatic heterocycles. The largest absolute Gasteiger partial charge is 0.352 e. The minimum absolute atomic E-state index is 0.189. The third-order valence-corrected chi connectivity index (χ3v) is 4.90. The molecule has 0 aliphatic carbocycles. The molecule has 0 spiro atoms. The van der Waals surface area contributed by atoms with Crippen LogP contribution in [0.5, 0.6) is 0 Å². The molecule has 0 saturated heterocycles. The van der Waals surface area contributed by atoms with Crippen molar-refractivity contribution in [2.45, 2.75) is 17.1 Å². The number of sulfone groups is 1. The third-order valence-electron chi connectivity index (χ3n) is 3.27. The summed E-state index contributed by atoms with van der Waals surface area (Å²) in [4.78, 5) is 11.4. The number of carbonyl (C=O) groups excluding carboxylic acids is 1. The number of rotatable bonds is 6. The first-order valence-corrected chi connectivity index (χ1v) is 8.88. The van der Waals surface area contributed by atoms with Crippen LogP contribution in [-0.4, -0.2) is 26.6 Å². The van der Waals surface area contributed by atoms with Crippen LogP contribution in [0.15, 0.2) is 53.4 Å². The number of halogens is 3. The maximum absolute atomic E-state index is 12.4. The van der Waals surface area contributed by atoms with Gasteiger partial charge < -0.3 is 5.32 Å². The average molecular weight is 374 g/mol. The number of nitrogens with one attached hydrogen (secondary N) is 1. The lowest BCUT2D eigenvalue weighted by molar-refractivity contribution is 0.0954. The Hall–Kier alpha value is -1.99. The smallest absolute Gasteiger partial charge is 0.341 e. The third kappa shape index (κ3) is 4.52. The van der Waals surface area contributed by atoms with Crippen molar-refractivity contribution in [3.63, 3.8) is 0 Å². The fourth-order valence-electron chi connectivity index (χ4n) is 2.01. The molecule has 0 unspecified atom stereocenters. The van der Waals surface area contributed by atoms with Crippen molar-refractivity contribution in [3.8, 4) is 0 Å². The number of hydrogen-bond donors (Lipinski definition) is 1. The molecule has 2 aromatic rings. The summed E-state index contributed by atoms with van der Waals surface area (Å²) in [5.41, 5.74) is 1.15. The standard InChI is InChI=1S/C16H14ClF2NO3S/c17-13-3-1-2-11(10-13)8-9-20-15(21)12-4-6-14(7-5-12)24(22,23)16(18)19/h1-7,10,16H,8-9H2,(H,20,21). The normalized spacial score (nSPS) is 11.5. The summed E-state index contributed by atoms with van der Waals surface area (Å²) in [5.74, 6) is -3.91. The zero-order valence-electron chi connectivity index (χ0n) is 12.4. The SMILES string of the molecule is O=C(NCCc1cccc(Cl)c1)c1ccc(S(=O)(=O)C(F)F)cc1. The van der Waals surface area contributed by atoms with Gasteiger partial charge in [0, 0.05) is 17.1 Å². The van der Waals surface area contributed by atoms with Crippen molar-refractivity contribution in [3.05, 3.63) is 64.7 Å². The second-order valence-electron chi connectivity index (χ2n) is 4.97. The molecule has 0 bridgehead atoms. The molecule has 0 saturated carbocycles. The molecule has 8 heteroatoms. The number of benzene rings is 2. The fourth-order valence-corrected chi connectivity index (χ4v) is 2.95. The van der Waals surface area contributed by atoms with Gasteiger partial charge in [-0.3, -0.25) is 4.79 Å². The van der Waals surface area contributed by atoms with Gasteiger partial charge in [0.2, 0.25) is 9.84 Å². The Morgan fingerprint density at radius 1 is 1.12 bits per heavy atom. The van der Waals surface area contributed by atoms with E-state index in [-0.39, 0.29) is 5.56 Å². The summed E-state index contributed by atoms with van der Waals surface area (Å²) >= 11 is 5.87. The summed E-state index contributed by atoms with van der Waals surface area (Å²) in [6.45, 7) is 0.357. The molecule has 2 aromatic carbocycles. The molecule has 0 radical (unpaired) electrons. The van der Waals surface area contributed by atoms with Crippen LogP contribution in [0.3, 0.4) is 0 Å². The number of hydrogen-bond acceptors (Lipinski definition) is 3. The van der Waals surface area contributed by atoms with Crippen LogP contribution < -0.4 is 5.32 Å². The first-order chi connectivity index (χ1) is 11.3. The predicted molar refractivity (Wildman–Crippen MR) is 87.1 cm³/mol. The molecule has 2 rings (SSSR count). The van der Waals surface area contributed by atoms with E-state index in [9.17, 15) is 22.0 Å². The summed E-state index contributed by atoms with van der Waals surface area (Å²) < 4.78 is 47.5. The van der Waals surface area contributed by atoms with E-state index in [2.05, 4.69) is 5.32 Å². The van der Waals surface area contributed by atoms with Gasteiger partial charge in [0.15, 0.2) is 0 Å². The van der Waals surface area contributed by atoms with Crippen LogP contribution in [0.2, 0.25) is 5.02 Å². The summed E-state index contributed by atoms with van der Waals surface area (Å²) in [6, 6.07) is 11.6. The van der Waals surface area contributed by atoms with Gasteiger partial charge in [-0.05, 0) is 48.4 Å². The van der Waals surface area contributed by atoms with E-state index in [1.54, 1.807) is 12.1 Å². The maximum atomic E-state index is 12.4. The predicted octanol–water partition coefficient (Wildman–Crippen LogP) is 3.31. The summed E-state index contributed by atoms with van der Waals surface area (Å²) in [5, 5.41) is 3.27. The molecule has 0 aliphatic rings. The Kier molecular flexibility index (Phi) is 5.90. The van der Waals surface area contributed by atoms with Crippen molar-refractivity contribution in [1.82, 2.24) is 5.32 Å². The average Bonchev–Trinajstić information content (AvgIpc) is 2.55. The van der Waals surface area contributed by atoms with Gasteiger partial charge in [0.05, 0.1) is 4.90 Å². The molecule has 0 heterocycles. The molecule has 1 N–H and O–H groups in total. The molecule has 24 heavy (non-hydrogen) atoms. The summed E-state index contributed by atoms with van der Waals surface area (Å²) in [7, 11) is -4.65. The topological polar surface area (TPSA) is 63.2 Å². The lowest BCUT2D eigenvalue weighted by atomic mass is 10.1. The van der Waals surface area contributed by atoms with E-state index in [1.807, 2.05) is 12.1 Å². The Labute approximate surface area is 143 Å². The van der Waals surface area contributed by atoms with Gasteiger partial charge in [-0.25, -0.2) is 8.42 Å². The Morgan fingerprint density at radius 2 is 1.79 bits per heavy atom. The van der Waals surface area contributed by atoms with Crippen molar-refractivity contribution < 1.29 is 22.0 Å². The van der Waals surface area contributed by atoms with E-state index in [4.69, 9.17) is 11.6 Å². The van der Waals surface area contributed by atoms with E-state index in [0.29, 0.717) is 18.0 Å². The van der Waals surface area contributed by atoms with E-state index < -0.39 is 26.4 Å². The Bertz CT molecular complexity index is 823. The van der Waals surface area contributed by atoms with Gasteiger partial charge in [-0.15, -0.1) is 0 Å². The highest BCUT2D eigenvalue weighted by molar-refractivity contribution is 7.91. The van der Waals surface area contributed by atoms with Gasteiger partial charge in [0.25, 0.3) is 5.91 Å². The van der Waals surface area contributed by atoms with Crippen LogP contribution in [0.1, 0.15) is 15.9 Å². The van der Waals surface area contributed by atoms with Crippen molar-refractivity contribution in [1.29, 1.82) is 0 Å². The van der Waals surface area contributed by atoms with Crippen molar-refractivity contribution >= 4 is 27.3 Å². The quantitative estimate of drug-likeness (QED) is 0.845. The lowest BCUT2D eigenvalue weighted by Gasteiger charge is -2.07. The van der Waals surface area contributed by atoms with Crippen LogP contribution in [-0.2, 0) is 16.3 Å². The zero-order valence-corrected chi connectivity index (χ0v) is 13.9. The molecule has 0 aliphatic heterocycles. The first kappa shape index (κ1) is 18.4. The van der Waals surface area contributed by atoms with E-state index >= 15 is 0 Å². The fraction of sp³-hybridized carbons (Fsp3) is 0.188. The highest BCUT2D eigenvalue weighted by atomic mass is 35.5.